The molecule has 0 spiro atoms. The molecule has 1 atom stereocenters. The van der Waals surface area contributed by atoms with Gasteiger partial charge in [0, 0.05) is 16.5 Å². The van der Waals surface area contributed by atoms with Crippen molar-refractivity contribution in [2.75, 3.05) is 0 Å². The molecule has 0 aliphatic rings. The van der Waals surface area contributed by atoms with Gasteiger partial charge in [-0.1, -0.05) is 35.3 Å². The molecular weight excluding hydrogens is 298 g/mol. The highest BCUT2D eigenvalue weighted by atomic mass is 35.5. The number of halogens is 3. The van der Waals surface area contributed by atoms with E-state index in [1.807, 2.05) is 13.0 Å². The minimum atomic E-state index is -0.571. The summed E-state index contributed by atoms with van der Waals surface area (Å²) in [6, 6.07) is 9.80. The summed E-state index contributed by atoms with van der Waals surface area (Å²) < 4.78 is 13.0. The van der Waals surface area contributed by atoms with Crippen LogP contribution in [0.2, 0.25) is 10.0 Å². The molecule has 0 aromatic heterocycles. The minimum absolute atomic E-state index is 0.263. The van der Waals surface area contributed by atoms with Gasteiger partial charge < -0.3 is 5.11 Å². The van der Waals surface area contributed by atoms with E-state index in [9.17, 15) is 9.50 Å². The molecule has 106 valence electrons. The standard InChI is InChI=1S/C16H15Cl2FO/c1-10-6-14(19)5-3-11(10)7-15(20)8-12-2-4-13(17)9-16(12)18/h2-6,9,15,20H,7-8H2,1H3. The summed E-state index contributed by atoms with van der Waals surface area (Å²) in [6.07, 6.45) is 0.329. The summed E-state index contributed by atoms with van der Waals surface area (Å²) in [5, 5.41) is 11.3. The van der Waals surface area contributed by atoms with E-state index in [0.717, 1.165) is 16.7 Å². The number of aliphatic hydroxyl groups excluding tert-OH is 1. The first-order valence-corrected chi connectivity index (χ1v) is 7.08. The number of aryl methyl sites for hydroxylation is 1. The zero-order chi connectivity index (χ0) is 14.7. The van der Waals surface area contributed by atoms with Gasteiger partial charge in [0.1, 0.15) is 5.82 Å². The highest BCUT2D eigenvalue weighted by Gasteiger charge is 2.11. The van der Waals surface area contributed by atoms with Crippen LogP contribution in [0.15, 0.2) is 36.4 Å². The summed E-state index contributed by atoms with van der Waals surface area (Å²) in [7, 11) is 0. The second-order valence-corrected chi connectivity index (χ2v) is 5.71. The SMILES string of the molecule is Cc1cc(F)ccc1CC(O)Cc1ccc(Cl)cc1Cl. The maximum atomic E-state index is 13.0. The zero-order valence-electron chi connectivity index (χ0n) is 11.0. The fraction of sp³-hybridized carbons (Fsp3) is 0.250. The summed E-state index contributed by atoms with van der Waals surface area (Å²) in [6.45, 7) is 1.83. The molecule has 2 aromatic carbocycles. The highest BCUT2D eigenvalue weighted by Crippen LogP contribution is 2.23. The van der Waals surface area contributed by atoms with E-state index >= 15 is 0 Å². The molecule has 2 rings (SSSR count). The van der Waals surface area contributed by atoms with Gasteiger partial charge in [-0.05, 0) is 54.3 Å². The second kappa shape index (κ2) is 6.57. The average Bonchev–Trinajstić information content (AvgIpc) is 2.36. The first-order valence-electron chi connectivity index (χ1n) is 6.32. The van der Waals surface area contributed by atoms with E-state index in [4.69, 9.17) is 23.2 Å². The van der Waals surface area contributed by atoms with Crippen molar-refractivity contribution in [3.63, 3.8) is 0 Å². The van der Waals surface area contributed by atoms with Gasteiger partial charge in [-0.3, -0.25) is 0 Å². The maximum Gasteiger partial charge on any atom is 0.123 e. The first kappa shape index (κ1) is 15.3. The van der Waals surface area contributed by atoms with Crippen molar-refractivity contribution in [3.8, 4) is 0 Å². The average molecular weight is 313 g/mol. The van der Waals surface area contributed by atoms with Crippen molar-refractivity contribution in [2.45, 2.75) is 25.9 Å². The van der Waals surface area contributed by atoms with Crippen molar-refractivity contribution in [2.24, 2.45) is 0 Å². The molecular formula is C16H15Cl2FO. The third kappa shape index (κ3) is 3.95. The topological polar surface area (TPSA) is 20.2 Å². The van der Waals surface area contributed by atoms with Crippen LogP contribution in [-0.2, 0) is 12.8 Å². The third-order valence-corrected chi connectivity index (χ3v) is 3.82. The Kier molecular flexibility index (Phi) is 5.03. The van der Waals surface area contributed by atoms with Gasteiger partial charge in [-0.15, -0.1) is 0 Å². The Morgan fingerprint density at radius 2 is 1.70 bits per heavy atom. The Morgan fingerprint density at radius 1 is 1.05 bits per heavy atom. The van der Waals surface area contributed by atoms with Crippen LogP contribution in [0, 0.1) is 12.7 Å². The molecule has 1 nitrogen and oxygen atoms in total. The fourth-order valence-corrected chi connectivity index (χ4v) is 2.64. The lowest BCUT2D eigenvalue weighted by molar-refractivity contribution is 0.175. The van der Waals surface area contributed by atoms with Gasteiger partial charge >= 0.3 is 0 Å². The van der Waals surface area contributed by atoms with Crippen LogP contribution >= 0.6 is 23.2 Å². The predicted octanol–water partition coefficient (Wildman–Crippen LogP) is 4.59. The monoisotopic (exact) mass is 312 g/mol. The molecule has 2 aromatic rings. The van der Waals surface area contributed by atoms with Crippen molar-refractivity contribution in [1.82, 2.24) is 0 Å². The lowest BCUT2D eigenvalue weighted by Crippen LogP contribution is -2.15. The van der Waals surface area contributed by atoms with E-state index in [0.29, 0.717) is 22.9 Å². The smallest absolute Gasteiger partial charge is 0.123 e. The number of rotatable bonds is 4. The molecule has 4 heteroatoms. The fourth-order valence-electron chi connectivity index (χ4n) is 2.16. The molecule has 1 unspecified atom stereocenters. The van der Waals surface area contributed by atoms with Gasteiger partial charge in [0.15, 0.2) is 0 Å². The molecule has 0 bridgehead atoms. The molecule has 1 N–H and O–H groups in total. The molecule has 0 radical (unpaired) electrons. The van der Waals surface area contributed by atoms with Gasteiger partial charge in [-0.2, -0.15) is 0 Å². The Hall–Kier alpha value is -1.09. The molecule has 0 amide bonds. The summed E-state index contributed by atoms with van der Waals surface area (Å²) in [4.78, 5) is 0. The molecule has 0 heterocycles. The molecule has 0 fully saturated rings. The van der Waals surface area contributed by atoms with Crippen LogP contribution in [0.5, 0.6) is 0 Å². The van der Waals surface area contributed by atoms with E-state index in [2.05, 4.69) is 0 Å². The molecule has 0 aliphatic heterocycles. The van der Waals surface area contributed by atoms with Crippen LogP contribution in [0.1, 0.15) is 16.7 Å². The van der Waals surface area contributed by atoms with E-state index in [1.54, 1.807) is 18.2 Å². The second-order valence-electron chi connectivity index (χ2n) is 4.87. The highest BCUT2D eigenvalue weighted by molar-refractivity contribution is 6.35. The Balaban J connectivity index is 2.07. The Labute approximate surface area is 128 Å². The van der Waals surface area contributed by atoms with Crippen molar-refractivity contribution in [3.05, 3.63) is 69.0 Å². The predicted molar refractivity (Wildman–Crippen MR) is 81.0 cm³/mol. The minimum Gasteiger partial charge on any atom is -0.392 e. The molecule has 20 heavy (non-hydrogen) atoms. The lowest BCUT2D eigenvalue weighted by atomic mass is 9.98. The Bertz CT molecular complexity index is 560. The lowest BCUT2D eigenvalue weighted by Gasteiger charge is -2.14. The van der Waals surface area contributed by atoms with Gasteiger partial charge in [-0.25, -0.2) is 4.39 Å². The van der Waals surface area contributed by atoms with Crippen molar-refractivity contribution < 1.29 is 9.50 Å². The molecule has 0 saturated carbocycles. The van der Waals surface area contributed by atoms with Crippen LogP contribution in [0.3, 0.4) is 0 Å². The van der Waals surface area contributed by atoms with Gasteiger partial charge in [0.05, 0.1) is 6.10 Å². The zero-order valence-corrected chi connectivity index (χ0v) is 12.5. The summed E-state index contributed by atoms with van der Waals surface area (Å²) >= 11 is 11.9. The van der Waals surface area contributed by atoms with E-state index < -0.39 is 6.10 Å². The quantitative estimate of drug-likeness (QED) is 0.875. The number of hydrogen-bond acceptors (Lipinski definition) is 1. The first-order chi connectivity index (χ1) is 9.45. The number of benzene rings is 2. The third-order valence-electron chi connectivity index (χ3n) is 3.23. The number of aliphatic hydroxyl groups is 1. The largest absolute Gasteiger partial charge is 0.392 e. The van der Waals surface area contributed by atoms with E-state index in [-0.39, 0.29) is 5.82 Å². The normalized spacial score (nSPS) is 12.4. The molecule has 0 saturated heterocycles. The van der Waals surface area contributed by atoms with Crippen LogP contribution in [0.4, 0.5) is 4.39 Å². The maximum absolute atomic E-state index is 13.0. The van der Waals surface area contributed by atoms with Crippen LogP contribution in [-0.4, -0.2) is 11.2 Å². The summed E-state index contributed by atoms with van der Waals surface area (Å²) in [5.41, 5.74) is 2.62. The Morgan fingerprint density at radius 3 is 2.35 bits per heavy atom. The van der Waals surface area contributed by atoms with Gasteiger partial charge in [0.25, 0.3) is 0 Å². The van der Waals surface area contributed by atoms with Crippen LogP contribution in [0.25, 0.3) is 0 Å². The summed E-state index contributed by atoms with van der Waals surface area (Å²) in [5.74, 6) is -0.263. The number of hydrogen-bond donors (Lipinski definition) is 1. The molecule has 0 aliphatic carbocycles. The van der Waals surface area contributed by atoms with Crippen LogP contribution < -0.4 is 0 Å². The van der Waals surface area contributed by atoms with Crippen molar-refractivity contribution in [1.29, 1.82) is 0 Å². The van der Waals surface area contributed by atoms with Gasteiger partial charge in [0.2, 0.25) is 0 Å². The van der Waals surface area contributed by atoms with Crippen molar-refractivity contribution >= 4 is 23.2 Å². The van der Waals surface area contributed by atoms with E-state index in [1.165, 1.54) is 12.1 Å².